The normalized spacial score (nSPS) is 13.0. The van der Waals surface area contributed by atoms with Gasteiger partial charge in [0.05, 0.1) is 25.5 Å². The van der Waals surface area contributed by atoms with Crippen LogP contribution in [0.15, 0.2) is 48.7 Å². The smallest absolute Gasteiger partial charge is 0.261 e. The number of nitrogens with one attached hydrogen (secondary N) is 1. The maximum absolute atomic E-state index is 13.3. The van der Waals surface area contributed by atoms with E-state index in [9.17, 15) is 19.8 Å². The molecule has 0 fully saturated rings. The quantitative estimate of drug-likeness (QED) is 0.376. The van der Waals surface area contributed by atoms with E-state index >= 15 is 0 Å². The maximum Gasteiger partial charge on any atom is 0.261 e. The Bertz CT molecular complexity index is 1150. The molecule has 34 heavy (non-hydrogen) atoms. The Morgan fingerprint density at radius 1 is 0.941 bits per heavy atom. The van der Waals surface area contributed by atoms with Crippen LogP contribution in [0, 0.1) is 0 Å². The van der Waals surface area contributed by atoms with E-state index in [1.165, 1.54) is 4.90 Å². The van der Waals surface area contributed by atoms with E-state index in [0.29, 0.717) is 42.7 Å². The van der Waals surface area contributed by atoms with E-state index < -0.39 is 0 Å². The number of anilines is 2. The number of hydrogen-bond acceptors (Lipinski definition) is 7. The fraction of sp³-hybridized carbons (Fsp3) is 0.346. The summed E-state index contributed by atoms with van der Waals surface area (Å²) in [6, 6.07) is 12.9. The number of carbonyl (C=O) groups excluding carboxylic acids is 2. The first-order valence-electron chi connectivity index (χ1n) is 11.7. The monoisotopic (exact) mass is 462 g/mol. The van der Waals surface area contributed by atoms with Crippen molar-refractivity contribution in [3.8, 4) is 0 Å². The van der Waals surface area contributed by atoms with E-state index in [-0.39, 0.29) is 25.0 Å². The molecule has 1 aromatic heterocycles. The zero-order valence-corrected chi connectivity index (χ0v) is 19.3. The van der Waals surface area contributed by atoms with Crippen molar-refractivity contribution in [2.45, 2.75) is 26.3 Å². The summed E-state index contributed by atoms with van der Waals surface area (Å²) in [6.45, 7) is 3.30. The van der Waals surface area contributed by atoms with Crippen LogP contribution in [-0.4, -0.2) is 64.8 Å². The van der Waals surface area contributed by atoms with Gasteiger partial charge in [-0.3, -0.25) is 19.5 Å². The van der Waals surface area contributed by atoms with Crippen LogP contribution in [0.5, 0.6) is 0 Å². The van der Waals surface area contributed by atoms with Crippen molar-refractivity contribution < 1.29 is 19.8 Å². The topological polar surface area (TPSA) is 106 Å². The lowest BCUT2D eigenvalue weighted by Crippen LogP contribution is -2.41. The number of unbranched alkanes of at least 4 members (excludes halogenated alkanes) is 1. The van der Waals surface area contributed by atoms with Crippen LogP contribution in [0.2, 0.25) is 0 Å². The van der Waals surface area contributed by atoms with Crippen LogP contribution in [0.25, 0.3) is 10.8 Å². The minimum absolute atomic E-state index is 0.0950. The van der Waals surface area contributed by atoms with Gasteiger partial charge in [-0.1, -0.05) is 19.4 Å². The molecular weight excluding hydrogens is 432 g/mol. The first kappa shape index (κ1) is 23.7. The lowest BCUT2D eigenvalue weighted by molar-refractivity contribution is 0.0608. The van der Waals surface area contributed by atoms with Gasteiger partial charge in [0.1, 0.15) is 0 Å². The first-order chi connectivity index (χ1) is 16.6. The van der Waals surface area contributed by atoms with Crippen molar-refractivity contribution in [2.24, 2.45) is 0 Å². The van der Waals surface area contributed by atoms with Crippen LogP contribution in [-0.2, 0) is 6.54 Å². The predicted octanol–water partition coefficient (Wildman–Crippen LogP) is 3.03. The summed E-state index contributed by atoms with van der Waals surface area (Å²) in [5.74, 6) is -0.583. The highest BCUT2D eigenvalue weighted by molar-refractivity contribution is 6.28. The summed E-state index contributed by atoms with van der Waals surface area (Å²) in [4.78, 5) is 34.2. The summed E-state index contributed by atoms with van der Waals surface area (Å²) in [5.41, 5.74) is 3.32. The Balaban J connectivity index is 1.87. The summed E-state index contributed by atoms with van der Waals surface area (Å²) >= 11 is 0. The molecule has 3 N–H and O–H groups in total. The molecule has 8 heteroatoms. The molecule has 2 amide bonds. The number of hydrogen-bond donors (Lipinski definition) is 3. The van der Waals surface area contributed by atoms with Crippen LogP contribution in [0.3, 0.4) is 0 Å². The van der Waals surface area contributed by atoms with Gasteiger partial charge in [-0.15, -0.1) is 0 Å². The minimum atomic E-state index is -0.291. The Morgan fingerprint density at radius 3 is 2.26 bits per heavy atom. The van der Waals surface area contributed by atoms with Crippen LogP contribution in [0.1, 0.15) is 46.2 Å². The van der Waals surface area contributed by atoms with E-state index in [2.05, 4.69) is 10.3 Å². The highest BCUT2D eigenvalue weighted by Crippen LogP contribution is 2.40. The number of rotatable bonds is 11. The number of aliphatic hydroxyl groups excluding tert-OH is 2. The van der Waals surface area contributed by atoms with Crippen molar-refractivity contribution in [2.75, 3.05) is 43.1 Å². The predicted molar refractivity (Wildman–Crippen MR) is 132 cm³/mol. The number of benzene rings is 2. The van der Waals surface area contributed by atoms with Gasteiger partial charge in [0.15, 0.2) is 0 Å². The van der Waals surface area contributed by atoms with Crippen molar-refractivity contribution in [3.05, 3.63) is 65.5 Å². The van der Waals surface area contributed by atoms with Gasteiger partial charge in [-0.2, -0.15) is 0 Å². The van der Waals surface area contributed by atoms with E-state index in [1.807, 2.05) is 42.2 Å². The molecule has 4 rings (SSSR count). The number of aliphatic hydroxyl groups is 2. The standard InChI is InChI=1S/C26H30N4O4/c1-2-3-12-30-25(33)19-7-9-21(28-17-18-6-4-5-11-27-18)24-22(29(13-15-31)14-16-32)10-8-20(23(19)24)26(30)34/h4-11,28,31-32H,2-3,12-17H2,1H3. The third-order valence-corrected chi connectivity index (χ3v) is 6.09. The number of amides is 2. The van der Waals surface area contributed by atoms with Crippen LogP contribution in [0.4, 0.5) is 11.4 Å². The molecule has 1 aliphatic heterocycles. The first-order valence-corrected chi connectivity index (χ1v) is 11.7. The van der Waals surface area contributed by atoms with E-state index in [1.54, 1.807) is 18.3 Å². The van der Waals surface area contributed by atoms with Crippen LogP contribution < -0.4 is 10.2 Å². The fourth-order valence-electron chi connectivity index (χ4n) is 4.43. The summed E-state index contributed by atoms with van der Waals surface area (Å²) in [6.07, 6.45) is 3.36. The third kappa shape index (κ3) is 4.47. The van der Waals surface area contributed by atoms with Gasteiger partial charge < -0.3 is 20.4 Å². The van der Waals surface area contributed by atoms with Gasteiger partial charge in [-0.05, 0) is 42.8 Å². The molecule has 0 saturated carbocycles. The summed E-state index contributed by atoms with van der Waals surface area (Å²) < 4.78 is 0. The molecule has 3 aromatic rings. The van der Waals surface area contributed by atoms with Gasteiger partial charge in [-0.25, -0.2) is 0 Å². The zero-order chi connectivity index (χ0) is 24.1. The molecule has 0 saturated heterocycles. The zero-order valence-electron chi connectivity index (χ0n) is 19.3. The molecule has 178 valence electrons. The lowest BCUT2D eigenvalue weighted by atomic mass is 9.91. The Hall–Kier alpha value is -3.49. The van der Waals surface area contributed by atoms with E-state index in [0.717, 1.165) is 35.3 Å². The largest absolute Gasteiger partial charge is 0.395 e. The molecule has 0 spiro atoms. The second-order valence-corrected chi connectivity index (χ2v) is 8.27. The van der Waals surface area contributed by atoms with E-state index in [4.69, 9.17) is 0 Å². The minimum Gasteiger partial charge on any atom is -0.395 e. The van der Waals surface area contributed by atoms with Gasteiger partial charge in [0.25, 0.3) is 11.8 Å². The molecule has 2 aromatic carbocycles. The molecule has 0 unspecified atom stereocenters. The van der Waals surface area contributed by atoms with Crippen molar-refractivity contribution in [1.82, 2.24) is 9.88 Å². The number of pyridine rings is 1. The molecule has 2 heterocycles. The van der Waals surface area contributed by atoms with Gasteiger partial charge in [0.2, 0.25) is 0 Å². The number of imide groups is 1. The number of aromatic nitrogens is 1. The number of carbonyl (C=O) groups is 2. The van der Waals surface area contributed by atoms with Gasteiger partial charge in [0, 0.05) is 59.1 Å². The molecule has 0 radical (unpaired) electrons. The molecule has 0 atom stereocenters. The van der Waals surface area contributed by atoms with Crippen molar-refractivity contribution >= 4 is 34.0 Å². The summed E-state index contributed by atoms with van der Waals surface area (Å²) in [7, 11) is 0. The fourth-order valence-corrected chi connectivity index (χ4v) is 4.43. The van der Waals surface area contributed by atoms with Crippen molar-refractivity contribution in [1.29, 1.82) is 0 Å². The third-order valence-electron chi connectivity index (χ3n) is 6.09. The number of nitrogens with zero attached hydrogens (tertiary/aromatic N) is 3. The Kier molecular flexibility index (Phi) is 7.40. The molecule has 1 aliphatic rings. The highest BCUT2D eigenvalue weighted by Gasteiger charge is 2.34. The molecule has 8 nitrogen and oxygen atoms in total. The SMILES string of the molecule is CCCCN1C(=O)c2ccc(NCc3ccccn3)c3c(N(CCO)CCO)ccc(c23)C1=O. The summed E-state index contributed by atoms with van der Waals surface area (Å²) in [5, 5.41) is 24.0. The average molecular weight is 463 g/mol. The molecular formula is C26H30N4O4. The highest BCUT2D eigenvalue weighted by atomic mass is 16.3. The average Bonchev–Trinajstić information content (AvgIpc) is 2.86. The van der Waals surface area contributed by atoms with Gasteiger partial charge >= 0.3 is 0 Å². The maximum atomic E-state index is 13.3. The second-order valence-electron chi connectivity index (χ2n) is 8.27. The Labute approximate surface area is 198 Å². The molecule has 0 bridgehead atoms. The van der Waals surface area contributed by atoms with Crippen LogP contribution >= 0.6 is 0 Å². The van der Waals surface area contributed by atoms with Crippen molar-refractivity contribution in [3.63, 3.8) is 0 Å². The second kappa shape index (κ2) is 10.6. The Morgan fingerprint density at radius 2 is 1.65 bits per heavy atom. The lowest BCUT2D eigenvalue weighted by Gasteiger charge is -2.31. The molecule has 0 aliphatic carbocycles.